The molecule has 1 heterocycles. The predicted molar refractivity (Wildman–Crippen MR) is 123 cm³/mol. The first-order valence-electron chi connectivity index (χ1n) is 12.4. The number of carbonyl (C=O) groups excluding carboxylic acids is 2. The molecule has 3 aliphatic carbocycles. The average molecular weight is 470 g/mol. The van der Waals surface area contributed by atoms with Crippen molar-refractivity contribution >= 4 is 11.6 Å². The van der Waals surface area contributed by atoms with Crippen LogP contribution < -0.4 is 0 Å². The van der Waals surface area contributed by atoms with Crippen LogP contribution in [0.15, 0.2) is 24.3 Å². The summed E-state index contributed by atoms with van der Waals surface area (Å²) in [5.41, 5.74) is 2.85. The Balaban J connectivity index is 1.68. The van der Waals surface area contributed by atoms with Gasteiger partial charge in [-0.2, -0.15) is 13.2 Å². The summed E-state index contributed by atoms with van der Waals surface area (Å²) in [5, 5.41) is 0. The van der Waals surface area contributed by atoms with E-state index in [0.717, 1.165) is 80.5 Å². The number of hydrogen-bond acceptors (Lipinski definition) is 3. The topological polar surface area (TPSA) is 47.0 Å². The molecule has 0 N–H and O–H groups in total. The number of carbonyl (C=O) groups is 2. The number of aromatic nitrogens is 1. The number of ketones is 2. The van der Waals surface area contributed by atoms with Crippen molar-refractivity contribution in [3.63, 3.8) is 0 Å². The molecule has 34 heavy (non-hydrogen) atoms. The second-order valence-corrected chi connectivity index (χ2v) is 10.8. The lowest BCUT2D eigenvalue weighted by molar-refractivity contribution is -0.137. The van der Waals surface area contributed by atoms with Crippen LogP contribution in [-0.2, 0) is 12.6 Å². The highest BCUT2D eigenvalue weighted by Gasteiger charge is 2.46. The maximum atomic E-state index is 13.9. The van der Waals surface area contributed by atoms with E-state index in [0.29, 0.717) is 17.5 Å². The van der Waals surface area contributed by atoms with Crippen LogP contribution in [0.3, 0.4) is 0 Å². The second-order valence-electron chi connectivity index (χ2n) is 10.8. The molecule has 6 heteroatoms. The van der Waals surface area contributed by atoms with Crippen molar-refractivity contribution in [3.05, 3.63) is 63.5 Å². The van der Waals surface area contributed by atoms with Gasteiger partial charge in [0, 0.05) is 29.0 Å². The third kappa shape index (κ3) is 3.89. The molecule has 3 nitrogen and oxygen atoms in total. The molecule has 0 radical (unpaired) electrons. The number of fused-ring (bicyclic) bond motifs is 1. The third-order valence-corrected chi connectivity index (χ3v) is 8.13. The molecule has 180 valence electrons. The number of rotatable bonds is 4. The first-order valence-corrected chi connectivity index (χ1v) is 12.4. The van der Waals surface area contributed by atoms with Crippen molar-refractivity contribution in [1.29, 1.82) is 0 Å². The minimum atomic E-state index is -4.46. The summed E-state index contributed by atoms with van der Waals surface area (Å²) >= 11 is 0. The molecule has 0 aliphatic heterocycles. The standard InChI is InChI=1S/C28H30F3NO2/c1-16(2)22-23-20(14-27(12-5-13-27)15-21(23)33)32-25(17-6-3-4-7-17)24(22)26(34)18-8-10-19(11-9-18)28(29,30)31/h8-11,16-17H,3-7,12-15H2,1-2H3. The van der Waals surface area contributed by atoms with E-state index in [-0.39, 0.29) is 34.4 Å². The molecule has 1 aromatic heterocycles. The summed E-state index contributed by atoms with van der Waals surface area (Å²) in [6, 6.07) is 4.40. The van der Waals surface area contributed by atoms with Gasteiger partial charge in [0.25, 0.3) is 0 Å². The van der Waals surface area contributed by atoms with E-state index < -0.39 is 11.7 Å². The van der Waals surface area contributed by atoms with Crippen LogP contribution in [-0.4, -0.2) is 16.6 Å². The quantitative estimate of drug-likeness (QED) is 0.438. The number of alkyl halides is 3. The molecule has 1 aromatic carbocycles. The molecule has 2 fully saturated rings. The third-order valence-electron chi connectivity index (χ3n) is 8.13. The highest BCUT2D eigenvalue weighted by molar-refractivity contribution is 6.13. The summed E-state index contributed by atoms with van der Waals surface area (Å²) in [4.78, 5) is 32.4. The fraction of sp³-hybridized carbons (Fsp3) is 0.536. The van der Waals surface area contributed by atoms with Crippen LogP contribution >= 0.6 is 0 Å². The fourth-order valence-electron chi connectivity index (χ4n) is 6.26. The number of hydrogen-bond donors (Lipinski definition) is 0. The van der Waals surface area contributed by atoms with Crippen LogP contribution in [0.25, 0.3) is 0 Å². The molecular formula is C28H30F3NO2. The van der Waals surface area contributed by atoms with Gasteiger partial charge in [0.15, 0.2) is 11.6 Å². The van der Waals surface area contributed by atoms with Gasteiger partial charge in [-0.05, 0) is 61.1 Å². The van der Waals surface area contributed by atoms with Gasteiger partial charge in [-0.1, -0.05) is 45.2 Å². The Morgan fingerprint density at radius 3 is 2.21 bits per heavy atom. The first-order chi connectivity index (χ1) is 16.1. The van der Waals surface area contributed by atoms with E-state index in [9.17, 15) is 22.8 Å². The largest absolute Gasteiger partial charge is 0.416 e. The van der Waals surface area contributed by atoms with E-state index in [1.54, 1.807) is 0 Å². The lowest BCUT2D eigenvalue weighted by Gasteiger charge is -2.45. The lowest BCUT2D eigenvalue weighted by Crippen LogP contribution is -2.40. The predicted octanol–water partition coefficient (Wildman–Crippen LogP) is 7.41. The number of benzene rings is 1. The molecular weight excluding hydrogens is 439 g/mol. The Bertz CT molecular complexity index is 1140. The van der Waals surface area contributed by atoms with Gasteiger partial charge in [0.2, 0.25) is 0 Å². The Labute approximate surface area is 198 Å². The monoisotopic (exact) mass is 469 g/mol. The van der Waals surface area contributed by atoms with Crippen LogP contribution in [0.5, 0.6) is 0 Å². The van der Waals surface area contributed by atoms with E-state index >= 15 is 0 Å². The van der Waals surface area contributed by atoms with E-state index in [1.807, 2.05) is 13.8 Å². The minimum absolute atomic E-state index is 0.0250. The van der Waals surface area contributed by atoms with Crippen molar-refractivity contribution in [2.45, 2.75) is 89.6 Å². The lowest BCUT2D eigenvalue weighted by atomic mass is 9.59. The number of nitrogens with zero attached hydrogens (tertiary/aromatic N) is 1. The van der Waals surface area contributed by atoms with Crippen LogP contribution in [0.2, 0.25) is 0 Å². The van der Waals surface area contributed by atoms with Crippen molar-refractivity contribution in [3.8, 4) is 0 Å². The molecule has 0 saturated heterocycles. The molecule has 3 aliphatic rings. The normalized spacial score (nSPS) is 20.0. The number of pyridine rings is 1. The summed E-state index contributed by atoms with van der Waals surface area (Å²) in [6.07, 6.45) is 4.06. The minimum Gasteiger partial charge on any atom is -0.294 e. The zero-order valence-corrected chi connectivity index (χ0v) is 19.7. The van der Waals surface area contributed by atoms with Gasteiger partial charge in [0.1, 0.15) is 0 Å². The van der Waals surface area contributed by atoms with E-state index in [4.69, 9.17) is 4.98 Å². The Kier molecular flexibility index (Phi) is 5.69. The molecule has 0 bridgehead atoms. The maximum absolute atomic E-state index is 13.9. The van der Waals surface area contributed by atoms with Gasteiger partial charge in [-0.15, -0.1) is 0 Å². The maximum Gasteiger partial charge on any atom is 0.416 e. The van der Waals surface area contributed by atoms with E-state index in [2.05, 4.69) is 0 Å². The summed E-state index contributed by atoms with van der Waals surface area (Å²) in [5.74, 6) is -0.196. The number of halogens is 3. The molecule has 2 aromatic rings. The first kappa shape index (κ1) is 23.3. The van der Waals surface area contributed by atoms with Gasteiger partial charge >= 0.3 is 6.18 Å². The Morgan fingerprint density at radius 1 is 1.03 bits per heavy atom. The molecule has 0 unspecified atom stereocenters. The summed E-state index contributed by atoms with van der Waals surface area (Å²) in [6.45, 7) is 3.97. The Hall–Kier alpha value is -2.50. The average Bonchev–Trinajstić information content (AvgIpc) is 3.30. The van der Waals surface area contributed by atoms with Crippen LogP contribution in [0.4, 0.5) is 13.2 Å². The molecule has 1 spiro atoms. The second kappa shape index (κ2) is 8.31. The summed E-state index contributed by atoms with van der Waals surface area (Å²) in [7, 11) is 0. The molecule has 5 rings (SSSR count). The van der Waals surface area contributed by atoms with Gasteiger partial charge in [-0.3, -0.25) is 14.6 Å². The van der Waals surface area contributed by atoms with Gasteiger partial charge in [-0.25, -0.2) is 0 Å². The van der Waals surface area contributed by atoms with Crippen molar-refractivity contribution in [1.82, 2.24) is 4.98 Å². The van der Waals surface area contributed by atoms with Gasteiger partial charge in [0.05, 0.1) is 17.0 Å². The smallest absolute Gasteiger partial charge is 0.294 e. The zero-order valence-electron chi connectivity index (χ0n) is 19.7. The van der Waals surface area contributed by atoms with Crippen molar-refractivity contribution in [2.24, 2.45) is 5.41 Å². The van der Waals surface area contributed by atoms with Crippen LogP contribution in [0, 0.1) is 5.41 Å². The van der Waals surface area contributed by atoms with E-state index in [1.165, 1.54) is 12.1 Å². The Morgan fingerprint density at radius 2 is 1.68 bits per heavy atom. The highest BCUT2D eigenvalue weighted by Crippen LogP contribution is 2.52. The van der Waals surface area contributed by atoms with Crippen LogP contribution in [0.1, 0.15) is 126 Å². The number of Topliss-reactive ketones (excluding diaryl/α,β-unsaturated/α-hetero) is 1. The SMILES string of the molecule is CC(C)c1c2c(nc(C3CCCC3)c1C(=O)c1ccc(C(F)(F)F)cc1)CC1(CCC1)CC2=O. The van der Waals surface area contributed by atoms with Crippen molar-refractivity contribution in [2.75, 3.05) is 0 Å². The van der Waals surface area contributed by atoms with Crippen molar-refractivity contribution < 1.29 is 22.8 Å². The van der Waals surface area contributed by atoms with Gasteiger partial charge < -0.3 is 0 Å². The highest BCUT2D eigenvalue weighted by atomic mass is 19.4. The fourth-order valence-corrected chi connectivity index (χ4v) is 6.26. The summed E-state index contributed by atoms with van der Waals surface area (Å²) < 4.78 is 39.2. The zero-order chi connectivity index (χ0) is 24.3. The molecule has 0 atom stereocenters. The molecule has 2 saturated carbocycles. The molecule has 0 amide bonds.